The minimum atomic E-state index is -0.440. The number of para-hydroxylation sites is 1. The third kappa shape index (κ3) is 8.75. The van der Waals surface area contributed by atoms with Crippen LogP contribution < -0.4 is 0 Å². The van der Waals surface area contributed by atoms with Crippen molar-refractivity contribution in [2.24, 2.45) is 0 Å². The molecule has 0 atom stereocenters. The number of fused-ring (bicyclic) bond motifs is 19. The smallest absolute Gasteiger partial charge is 0.143 e. The van der Waals surface area contributed by atoms with Gasteiger partial charge in [-0.3, -0.25) is 0 Å². The van der Waals surface area contributed by atoms with E-state index in [9.17, 15) is 11.0 Å². The van der Waals surface area contributed by atoms with Gasteiger partial charge in [-0.05, 0) is 195 Å². The number of furan rings is 2. The number of hydrogen-bond donors (Lipinski definition) is 0. The summed E-state index contributed by atoms with van der Waals surface area (Å²) in [5, 5.41) is 14.6. The minimum absolute atomic E-state index is 0.161. The van der Waals surface area contributed by atoms with Crippen LogP contribution in [0, 0.1) is 0 Å². The van der Waals surface area contributed by atoms with Crippen LogP contribution in [-0.2, 0) is 0 Å². The molecular formula is C96H58O2. The quantitative estimate of drug-likeness (QED) is 0.123. The van der Waals surface area contributed by atoms with Crippen molar-refractivity contribution >= 4 is 141 Å². The average Bonchev–Trinajstić information content (AvgIpc) is 0.738. The van der Waals surface area contributed by atoms with Gasteiger partial charge in [-0.25, -0.2) is 0 Å². The summed E-state index contributed by atoms with van der Waals surface area (Å²) in [7, 11) is 0. The van der Waals surface area contributed by atoms with Crippen LogP contribution in [0.25, 0.3) is 208 Å². The summed E-state index contributed by atoms with van der Waals surface area (Å²) >= 11 is 0. The summed E-state index contributed by atoms with van der Waals surface area (Å²) in [4.78, 5) is 0. The number of hydrogen-bond acceptors (Lipinski definition) is 2. The van der Waals surface area contributed by atoms with Crippen LogP contribution in [0.1, 0.15) is 21.9 Å². The van der Waals surface area contributed by atoms with Crippen LogP contribution in [0.4, 0.5) is 0 Å². The lowest BCUT2D eigenvalue weighted by Crippen LogP contribution is -1.92. The van der Waals surface area contributed by atoms with Gasteiger partial charge in [-0.2, -0.15) is 0 Å². The average molecular weight is 1260 g/mol. The highest BCUT2D eigenvalue weighted by Gasteiger charge is 2.24. The van der Waals surface area contributed by atoms with Crippen LogP contribution in [0.5, 0.6) is 0 Å². The van der Waals surface area contributed by atoms with Gasteiger partial charge >= 0.3 is 0 Å². The minimum Gasteiger partial charge on any atom is -0.456 e. The predicted octanol–water partition coefficient (Wildman–Crippen LogP) is 27.6. The molecule has 21 rings (SSSR count). The third-order valence-electron chi connectivity index (χ3n) is 19.6. The fraction of sp³-hybridized carbons (Fsp3) is 0. The van der Waals surface area contributed by atoms with Crippen molar-refractivity contribution in [1.82, 2.24) is 0 Å². The Kier molecular flexibility index (Phi) is 9.54. The Labute approximate surface area is 587 Å². The Bertz CT molecular complexity index is 7700. The Morgan fingerprint density at radius 2 is 0.622 bits per heavy atom. The molecule has 2 heteroatoms. The second kappa shape index (κ2) is 22.4. The molecule has 0 aliphatic heterocycles. The van der Waals surface area contributed by atoms with E-state index < -0.39 is 48.3 Å². The molecule has 0 spiro atoms. The topological polar surface area (TPSA) is 26.3 Å². The zero-order chi connectivity index (χ0) is 78.3. The lowest BCUT2D eigenvalue weighted by molar-refractivity contribution is 0.669. The molecule has 0 aliphatic rings. The molecule has 21 aromatic rings. The van der Waals surface area contributed by atoms with Crippen LogP contribution >= 0.6 is 0 Å². The molecule has 0 fully saturated rings. The summed E-state index contributed by atoms with van der Waals surface area (Å²) < 4.78 is 159. The van der Waals surface area contributed by atoms with Crippen molar-refractivity contribution in [3.8, 4) is 66.8 Å². The number of benzene rings is 19. The van der Waals surface area contributed by atoms with Crippen LogP contribution in [0.15, 0.2) is 360 Å². The van der Waals surface area contributed by atoms with Crippen molar-refractivity contribution in [1.29, 1.82) is 0 Å². The summed E-state index contributed by atoms with van der Waals surface area (Å²) in [6, 6.07) is 77.1. The maximum absolute atomic E-state index is 9.45. The Hall–Kier alpha value is -12.9. The molecule has 0 N–H and O–H groups in total. The first-order valence-corrected chi connectivity index (χ1v) is 32.5. The maximum atomic E-state index is 9.45. The molecule has 2 nitrogen and oxygen atoms in total. The zero-order valence-electron chi connectivity index (χ0n) is 68.1. The van der Waals surface area contributed by atoms with Gasteiger partial charge < -0.3 is 8.83 Å². The maximum Gasteiger partial charge on any atom is 0.143 e. The van der Waals surface area contributed by atoms with E-state index in [1.807, 2.05) is 212 Å². The van der Waals surface area contributed by atoms with Gasteiger partial charge in [-0.15, -0.1) is 0 Å². The lowest BCUT2D eigenvalue weighted by atomic mass is 9.84. The van der Waals surface area contributed by atoms with E-state index in [2.05, 4.69) is 42.5 Å². The monoisotopic (exact) mass is 1260 g/mol. The highest BCUT2D eigenvalue weighted by molar-refractivity contribution is 6.32. The molecular weight excluding hydrogens is 1190 g/mol. The molecule has 19 aromatic carbocycles. The zero-order valence-corrected chi connectivity index (χ0v) is 52.1. The van der Waals surface area contributed by atoms with Gasteiger partial charge in [0.1, 0.15) is 22.3 Å². The van der Waals surface area contributed by atoms with Crippen LogP contribution in [0.3, 0.4) is 0 Å². The van der Waals surface area contributed by atoms with E-state index in [1.165, 1.54) is 0 Å². The number of rotatable bonds is 6. The largest absolute Gasteiger partial charge is 0.456 e. The third-order valence-corrected chi connectivity index (χ3v) is 19.6. The summed E-state index contributed by atoms with van der Waals surface area (Å²) in [6.07, 6.45) is 0. The van der Waals surface area contributed by atoms with E-state index in [1.54, 1.807) is 0 Å². The van der Waals surface area contributed by atoms with Crippen molar-refractivity contribution in [2.45, 2.75) is 0 Å². The van der Waals surface area contributed by atoms with Crippen molar-refractivity contribution in [3.05, 3.63) is 351 Å². The molecule has 0 bridgehead atoms. The first-order valence-electron chi connectivity index (χ1n) is 40.5. The second-order valence-electron chi connectivity index (χ2n) is 24.8. The molecule has 0 aliphatic carbocycles. The molecule has 2 aromatic heterocycles. The van der Waals surface area contributed by atoms with Gasteiger partial charge in [0.25, 0.3) is 0 Å². The first-order chi connectivity index (χ1) is 55.3. The van der Waals surface area contributed by atoms with Crippen molar-refractivity contribution in [2.75, 3.05) is 0 Å². The fourth-order valence-corrected chi connectivity index (χ4v) is 15.2. The molecule has 2 heterocycles. The SMILES string of the molecule is [2H]c1c([2H])c([2H])c2c(-c3cc4oc5ccccc5c4c4ccccc34)c3c([2H])c([2H])c([2H])c([2H])c3c(-c3ccc(-c4cccc5ccccc45)cc3)c2c1[2H].[2H]c1c([2H])c([2H])c2c(-c3ccc4c(c3)oc3c5ccccc5c5ccccc5c43)c3c([2H])c([2H])c([2H])c([2H])c3c(-c3ccc4cc(-c5ccccc5)ccc4c3)c2c1[2H]. The highest BCUT2D eigenvalue weighted by Crippen LogP contribution is 2.50. The van der Waals surface area contributed by atoms with Gasteiger partial charge in [-0.1, -0.05) is 315 Å². The van der Waals surface area contributed by atoms with E-state index in [-0.39, 0.29) is 97.0 Å². The predicted molar refractivity (Wildman–Crippen MR) is 418 cm³/mol. The molecule has 0 saturated heterocycles. The Morgan fingerprint density at radius 3 is 1.26 bits per heavy atom. The highest BCUT2D eigenvalue weighted by atomic mass is 16.3. The molecule has 0 saturated carbocycles. The lowest BCUT2D eigenvalue weighted by Gasteiger charge is -2.19. The fourth-order valence-electron chi connectivity index (χ4n) is 15.2. The molecule has 0 unspecified atom stereocenters. The van der Waals surface area contributed by atoms with E-state index >= 15 is 0 Å². The van der Waals surface area contributed by atoms with Gasteiger partial charge in [0.2, 0.25) is 0 Å². The molecule has 0 amide bonds. The second-order valence-corrected chi connectivity index (χ2v) is 24.8. The first kappa shape index (κ1) is 41.7. The van der Waals surface area contributed by atoms with E-state index in [4.69, 9.17) is 19.8 Å². The van der Waals surface area contributed by atoms with Crippen LogP contribution in [-0.4, -0.2) is 0 Å². The van der Waals surface area contributed by atoms with Crippen molar-refractivity contribution < 1.29 is 30.8 Å². The van der Waals surface area contributed by atoms with Gasteiger partial charge in [0.15, 0.2) is 0 Å². The van der Waals surface area contributed by atoms with Gasteiger partial charge in [0, 0.05) is 26.9 Å². The van der Waals surface area contributed by atoms with Crippen molar-refractivity contribution in [3.63, 3.8) is 0 Å². The van der Waals surface area contributed by atoms with E-state index in [0.717, 1.165) is 97.7 Å². The van der Waals surface area contributed by atoms with Gasteiger partial charge in [0.05, 0.1) is 21.9 Å². The standard InChI is InChI=1S/C50H30O.C46H28O/c1-2-12-31(13-3-1)32-22-23-34-29-35(25-24-33(34)28-32)47-40-17-7-9-19-42(40)48(43-20-10-8-18-41(43)47)36-26-27-45-46(30-36)51-50-44-21-11-5-15-38(44)37-14-4-6-16-39(37)49(45)50;1-2-14-32-29(12-1)13-11-22-33(32)30-24-26-31(27-25-30)44-36-17-5-7-19-38(36)45(39-20-8-6-18-37(39)44)41-28-43-46(35-16-4-3-15-34(35)41)40-21-9-10-23-42(40)47-43/h1-30H;1-28H/i7D,8D,9D,10D,17D,18D,19D,20D;5D,6D,7D,8D,17D,18D,19D,20D. The summed E-state index contributed by atoms with van der Waals surface area (Å²) in [5.41, 5.74) is 9.88. The van der Waals surface area contributed by atoms with Crippen LogP contribution in [0.2, 0.25) is 0 Å². The Balaban J connectivity index is 0.000000148. The normalized spacial score (nSPS) is 14.2. The molecule has 98 heavy (non-hydrogen) atoms. The molecule has 0 radical (unpaired) electrons. The Morgan fingerprint density at radius 1 is 0.194 bits per heavy atom. The summed E-state index contributed by atoms with van der Waals surface area (Å²) in [5.74, 6) is 0. The van der Waals surface area contributed by atoms with E-state index in [0.29, 0.717) is 61.3 Å². The summed E-state index contributed by atoms with van der Waals surface area (Å²) in [6.45, 7) is 0. The molecule has 454 valence electrons.